The highest BCUT2D eigenvalue weighted by molar-refractivity contribution is 7.15. The normalized spacial score (nSPS) is 16.8. The first-order valence-corrected chi connectivity index (χ1v) is 9.73. The number of nitrogens with one attached hydrogen (secondary N) is 2. The van der Waals surface area contributed by atoms with E-state index in [0.29, 0.717) is 11.0 Å². The Bertz CT molecular complexity index is 682. The number of amides is 1. The lowest BCUT2D eigenvalue weighted by molar-refractivity contribution is -0.121. The molecule has 1 aliphatic rings. The molecule has 1 fully saturated rings. The molecule has 2 aromatic rings. The molecule has 2 heterocycles. The minimum Gasteiger partial charge on any atom is -0.317 e. The van der Waals surface area contributed by atoms with E-state index < -0.39 is 0 Å². The topological polar surface area (TPSA) is 57.3 Å². The lowest BCUT2D eigenvalue weighted by Gasteiger charge is -2.25. The van der Waals surface area contributed by atoms with E-state index in [9.17, 15) is 4.79 Å². The van der Waals surface area contributed by atoms with Gasteiger partial charge in [-0.15, -0.1) is 11.3 Å². The molecule has 1 atom stereocenters. The Hall–Kier alpha value is -1.76. The molecule has 1 aliphatic heterocycles. The number of nitrogens with zero attached hydrogens (tertiary/aromatic N) is 2. The maximum absolute atomic E-state index is 12.9. The van der Waals surface area contributed by atoms with Gasteiger partial charge in [0.1, 0.15) is 6.04 Å². The molecule has 1 unspecified atom stereocenters. The Balaban J connectivity index is 1.72. The van der Waals surface area contributed by atoms with Gasteiger partial charge in [0.05, 0.1) is 0 Å². The van der Waals surface area contributed by atoms with Crippen molar-refractivity contribution in [2.24, 2.45) is 0 Å². The summed E-state index contributed by atoms with van der Waals surface area (Å²) >= 11 is 1.61. The predicted octanol–water partition coefficient (Wildman–Crippen LogP) is 3.24. The first kappa shape index (κ1) is 18.0. The summed E-state index contributed by atoms with van der Waals surface area (Å²) in [7, 11) is 1.97. The number of carbonyl (C=O) groups excluding carboxylic acids is 1. The van der Waals surface area contributed by atoms with Gasteiger partial charge in [0.2, 0.25) is 5.91 Å². The third-order valence-electron chi connectivity index (χ3n) is 4.80. The van der Waals surface area contributed by atoms with Gasteiger partial charge in [-0.1, -0.05) is 37.3 Å². The third-order valence-corrected chi connectivity index (χ3v) is 5.87. The second-order valence-corrected chi connectivity index (χ2v) is 7.53. The Morgan fingerprint density at radius 3 is 2.76 bits per heavy atom. The van der Waals surface area contributed by atoms with Crippen molar-refractivity contribution in [3.8, 4) is 0 Å². The van der Waals surface area contributed by atoms with Gasteiger partial charge in [0.15, 0.2) is 5.13 Å². The van der Waals surface area contributed by atoms with Gasteiger partial charge in [-0.2, -0.15) is 0 Å². The Morgan fingerprint density at radius 2 is 2.08 bits per heavy atom. The van der Waals surface area contributed by atoms with E-state index in [-0.39, 0.29) is 11.9 Å². The molecule has 0 aliphatic carbocycles. The number of carbonyl (C=O) groups is 1. The van der Waals surface area contributed by atoms with E-state index >= 15 is 0 Å². The predicted molar refractivity (Wildman–Crippen MR) is 103 cm³/mol. The molecule has 0 spiro atoms. The summed E-state index contributed by atoms with van der Waals surface area (Å²) in [6, 6.07) is 9.60. The summed E-state index contributed by atoms with van der Waals surface area (Å²) in [5.41, 5.74) is 1.000. The van der Waals surface area contributed by atoms with Gasteiger partial charge < -0.3 is 10.6 Å². The zero-order chi connectivity index (χ0) is 17.6. The SMILES string of the molecule is CCN(C)C(C(=O)Nc1ncc(C2CCNCC2)s1)c1ccccc1. The van der Waals surface area contributed by atoms with Crippen molar-refractivity contribution in [2.75, 3.05) is 32.0 Å². The molecule has 25 heavy (non-hydrogen) atoms. The van der Waals surface area contributed by atoms with Crippen LogP contribution in [0.4, 0.5) is 5.13 Å². The largest absolute Gasteiger partial charge is 0.317 e. The molecule has 5 nitrogen and oxygen atoms in total. The number of rotatable bonds is 6. The number of anilines is 1. The average molecular weight is 359 g/mol. The van der Waals surface area contributed by atoms with Crippen LogP contribution in [0.25, 0.3) is 0 Å². The molecule has 6 heteroatoms. The average Bonchev–Trinajstić information content (AvgIpc) is 3.12. The number of piperidine rings is 1. The Morgan fingerprint density at radius 1 is 1.36 bits per heavy atom. The molecule has 2 N–H and O–H groups in total. The van der Waals surface area contributed by atoms with Crippen LogP contribution in [0.1, 0.15) is 42.2 Å². The molecular weight excluding hydrogens is 332 g/mol. The van der Waals surface area contributed by atoms with E-state index in [0.717, 1.165) is 38.0 Å². The lowest BCUT2D eigenvalue weighted by atomic mass is 9.97. The summed E-state index contributed by atoms with van der Waals surface area (Å²) in [6.07, 6.45) is 4.21. The Kier molecular flexibility index (Phi) is 6.18. The zero-order valence-electron chi connectivity index (χ0n) is 14.9. The number of likely N-dealkylation sites (N-methyl/N-ethyl adjacent to an activating group) is 1. The molecule has 0 radical (unpaired) electrons. The van der Waals surface area contributed by atoms with Crippen LogP contribution in [0, 0.1) is 0 Å². The second kappa shape index (κ2) is 8.56. The first-order chi connectivity index (χ1) is 12.2. The smallest absolute Gasteiger partial charge is 0.248 e. The van der Waals surface area contributed by atoms with E-state index in [2.05, 4.69) is 22.5 Å². The monoisotopic (exact) mass is 358 g/mol. The fourth-order valence-electron chi connectivity index (χ4n) is 3.24. The highest BCUT2D eigenvalue weighted by atomic mass is 32.1. The highest BCUT2D eigenvalue weighted by Crippen LogP contribution is 2.32. The standard InChI is InChI=1S/C19H26N4OS/c1-3-23(2)17(15-7-5-4-6-8-15)18(24)22-19-21-13-16(25-19)14-9-11-20-12-10-14/h4-8,13-14,17,20H,3,9-12H2,1-2H3,(H,21,22,24). The fraction of sp³-hybridized carbons (Fsp3) is 0.474. The minimum absolute atomic E-state index is 0.0261. The highest BCUT2D eigenvalue weighted by Gasteiger charge is 2.25. The molecule has 1 aromatic heterocycles. The summed E-state index contributed by atoms with van der Waals surface area (Å²) in [5, 5.41) is 7.11. The first-order valence-electron chi connectivity index (χ1n) is 8.91. The molecule has 3 rings (SSSR count). The lowest BCUT2D eigenvalue weighted by Crippen LogP contribution is -2.34. The van der Waals surface area contributed by atoms with Crippen LogP contribution >= 0.6 is 11.3 Å². The van der Waals surface area contributed by atoms with Gasteiger partial charge in [-0.05, 0) is 51.0 Å². The summed E-state index contributed by atoms with van der Waals surface area (Å²) in [6.45, 7) is 4.97. The van der Waals surface area contributed by atoms with E-state index in [1.165, 1.54) is 4.88 Å². The summed E-state index contributed by atoms with van der Waals surface area (Å²) in [4.78, 5) is 20.7. The van der Waals surface area contributed by atoms with Crippen LogP contribution in [-0.2, 0) is 4.79 Å². The van der Waals surface area contributed by atoms with Gasteiger partial charge in [-0.25, -0.2) is 4.98 Å². The number of aromatic nitrogens is 1. The number of thiazole rings is 1. The van der Waals surface area contributed by atoms with Gasteiger partial charge in [0, 0.05) is 11.1 Å². The minimum atomic E-state index is -0.308. The molecule has 1 amide bonds. The van der Waals surface area contributed by atoms with E-state index in [4.69, 9.17) is 0 Å². The summed E-state index contributed by atoms with van der Waals surface area (Å²) < 4.78 is 0. The van der Waals surface area contributed by atoms with Crippen molar-refractivity contribution in [2.45, 2.75) is 31.7 Å². The van der Waals surface area contributed by atoms with Crippen molar-refractivity contribution in [1.29, 1.82) is 0 Å². The number of hydrogen-bond acceptors (Lipinski definition) is 5. The molecule has 134 valence electrons. The van der Waals surface area contributed by atoms with Crippen LogP contribution in [0.2, 0.25) is 0 Å². The van der Waals surface area contributed by atoms with Gasteiger partial charge in [0.25, 0.3) is 0 Å². The zero-order valence-corrected chi connectivity index (χ0v) is 15.7. The van der Waals surface area contributed by atoms with Gasteiger partial charge in [-0.3, -0.25) is 9.69 Å². The molecule has 1 aromatic carbocycles. The van der Waals surface area contributed by atoms with Crippen LogP contribution in [0.5, 0.6) is 0 Å². The maximum atomic E-state index is 12.9. The van der Waals surface area contributed by atoms with Gasteiger partial charge >= 0.3 is 0 Å². The van der Waals surface area contributed by atoms with Crippen molar-refractivity contribution >= 4 is 22.4 Å². The maximum Gasteiger partial charge on any atom is 0.248 e. The number of benzene rings is 1. The number of hydrogen-bond donors (Lipinski definition) is 2. The van der Waals surface area contributed by atoms with E-state index in [1.54, 1.807) is 11.3 Å². The van der Waals surface area contributed by atoms with Crippen molar-refractivity contribution in [3.63, 3.8) is 0 Å². The quantitative estimate of drug-likeness (QED) is 0.832. The summed E-state index contributed by atoms with van der Waals surface area (Å²) in [5.74, 6) is 0.536. The van der Waals surface area contributed by atoms with Crippen LogP contribution in [-0.4, -0.2) is 42.5 Å². The van der Waals surface area contributed by atoms with Crippen molar-refractivity contribution < 1.29 is 4.79 Å². The van der Waals surface area contributed by atoms with Crippen molar-refractivity contribution in [3.05, 3.63) is 47.0 Å². The molecule has 0 saturated carbocycles. The third kappa shape index (κ3) is 4.45. The second-order valence-electron chi connectivity index (χ2n) is 6.47. The molecular formula is C19H26N4OS. The Labute approximate surface area is 153 Å². The fourth-order valence-corrected chi connectivity index (χ4v) is 4.23. The van der Waals surface area contributed by atoms with Crippen LogP contribution < -0.4 is 10.6 Å². The molecule has 1 saturated heterocycles. The molecule has 0 bridgehead atoms. The van der Waals surface area contributed by atoms with Crippen LogP contribution in [0.15, 0.2) is 36.5 Å². The van der Waals surface area contributed by atoms with E-state index in [1.807, 2.05) is 48.5 Å². The van der Waals surface area contributed by atoms with Crippen molar-refractivity contribution in [1.82, 2.24) is 15.2 Å². The van der Waals surface area contributed by atoms with Crippen LogP contribution in [0.3, 0.4) is 0 Å².